The van der Waals surface area contributed by atoms with Gasteiger partial charge in [-0.15, -0.1) is 0 Å². The Kier molecular flexibility index (Phi) is 9.68. The van der Waals surface area contributed by atoms with Gasteiger partial charge in [-0.1, -0.05) is 64.7 Å². The Morgan fingerprint density at radius 2 is 1.55 bits per heavy atom. The standard InChI is InChI=1S/C41H32Cl3F3N4O7/c1-18-4-9-22(13-28(18)43)50-36(53)25-11-10-24-26(32(25)38(50)55)16-27-37(54)51(49-35-29(44)12-20(17-48-35)41(45,46)47)39(56)40(27,19-5-7-21(42)8-6-19)34(24)33-30(57-2)14-23(52)15-31(33)58-3/h4-10,12-15,17,25-27,32,34,52H,11,16H2,1-3H3,(H,48,49). The number of hydrogen-bond donors (Lipinski definition) is 2. The molecule has 1 aromatic heterocycles. The van der Waals surface area contributed by atoms with Gasteiger partial charge >= 0.3 is 6.18 Å². The molecule has 2 aliphatic carbocycles. The first-order chi connectivity index (χ1) is 27.5. The minimum Gasteiger partial charge on any atom is -0.508 e. The summed E-state index contributed by atoms with van der Waals surface area (Å²) in [6.45, 7) is 1.79. The van der Waals surface area contributed by atoms with Crippen molar-refractivity contribution in [3.8, 4) is 17.2 Å². The second-order valence-corrected chi connectivity index (χ2v) is 15.9. The number of carbonyl (C=O) groups is 4. The maximum Gasteiger partial charge on any atom is 0.417 e. The monoisotopic (exact) mass is 854 g/mol. The summed E-state index contributed by atoms with van der Waals surface area (Å²) in [5, 5.41) is 11.6. The van der Waals surface area contributed by atoms with Crippen LogP contribution in [0.25, 0.3) is 0 Å². The number of phenols is 1. The van der Waals surface area contributed by atoms with E-state index in [1.165, 1.54) is 26.4 Å². The molecule has 2 aliphatic heterocycles. The van der Waals surface area contributed by atoms with Crippen molar-refractivity contribution in [3.63, 3.8) is 0 Å². The summed E-state index contributed by atoms with van der Waals surface area (Å²) >= 11 is 19.1. The molecule has 4 amide bonds. The van der Waals surface area contributed by atoms with E-state index in [1.54, 1.807) is 49.4 Å². The number of rotatable bonds is 7. The van der Waals surface area contributed by atoms with E-state index in [0.29, 0.717) is 38.5 Å². The largest absolute Gasteiger partial charge is 0.508 e. The number of fused-ring (bicyclic) bond motifs is 4. The molecule has 1 saturated carbocycles. The second kappa shape index (κ2) is 14.2. The molecule has 2 saturated heterocycles. The zero-order valence-corrected chi connectivity index (χ0v) is 33.0. The Labute approximate surface area is 344 Å². The number of nitrogens with zero attached hydrogens (tertiary/aromatic N) is 3. The maximum absolute atomic E-state index is 15.5. The van der Waals surface area contributed by atoms with E-state index in [2.05, 4.69) is 10.4 Å². The highest BCUT2D eigenvalue weighted by Crippen LogP contribution is 2.66. The number of benzene rings is 3. The number of nitrogens with one attached hydrogen (secondary N) is 1. The van der Waals surface area contributed by atoms with E-state index >= 15 is 9.59 Å². The first-order valence-corrected chi connectivity index (χ1v) is 19.1. The number of pyridine rings is 1. The number of allylic oxidation sites excluding steroid dienone is 2. The molecule has 58 heavy (non-hydrogen) atoms. The molecular weight excluding hydrogens is 824 g/mol. The molecule has 0 spiro atoms. The number of aryl methyl sites for hydroxylation is 1. The number of aromatic hydroxyl groups is 1. The predicted octanol–water partition coefficient (Wildman–Crippen LogP) is 8.28. The van der Waals surface area contributed by atoms with Crippen LogP contribution in [0.15, 0.2) is 78.5 Å². The van der Waals surface area contributed by atoms with Crippen LogP contribution in [-0.2, 0) is 30.8 Å². The number of hydrazine groups is 1. The highest BCUT2D eigenvalue weighted by atomic mass is 35.5. The van der Waals surface area contributed by atoms with Crippen molar-refractivity contribution in [1.29, 1.82) is 0 Å². The number of aromatic nitrogens is 1. The maximum atomic E-state index is 15.5. The van der Waals surface area contributed by atoms with E-state index in [-0.39, 0.29) is 41.3 Å². The number of methoxy groups -OCH3 is 2. The average Bonchev–Trinajstić information content (AvgIpc) is 3.56. The Morgan fingerprint density at radius 1 is 0.879 bits per heavy atom. The summed E-state index contributed by atoms with van der Waals surface area (Å²) < 4.78 is 52.3. The number of imide groups is 2. The number of anilines is 2. The number of ether oxygens (including phenoxy) is 2. The minimum atomic E-state index is -4.78. The van der Waals surface area contributed by atoms with Gasteiger partial charge in [-0.05, 0) is 67.1 Å². The summed E-state index contributed by atoms with van der Waals surface area (Å²) in [6, 6.07) is 14.4. The van der Waals surface area contributed by atoms with Crippen LogP contribution in [0.2, 0.25) is 15.1 Å². The molecule has 6 unspecified atom stereocenters. The summed E-state index contributed by atoms with van der Waals surface area (Å²) in [6.07, 6.45) is -2.47. The van der Waals surface area contributed by atoms with Crippen LogP contribution >= 0.6 is 34.8 Å². The van der Waals surface area contributed by atoms with Gasteiger partial charge in [0.2, 0.25) is 11.8 Å². The number of carbonyl (C=O) groups excluding carboxylic acids is 4. The van der Waals surface area contributed by atoms with Gasteiger partial charge in [0, 0.05) is 39.9 Å². The molecule has 2 N–H and O–H groups in total. The quantitative estimate of drug-likeness (QED) is 0.139. The third-order valence-electron chi connectivity index (χ3n) is 11.8. The van der Waals surface area contributed by atoms with Gasteiger partial charge in [-0.3, -0.25) is 24.6 Å². The van der Waals surface area contributed by atoms with Gasteiger partial charge in [0.15, 0.2) is 5.82 Å². The molecule has 0 bridgehead atoms. The molecule has 17 heteroatoms. The van der Waals surface area contributed by atoms with Gasteiger partial charge in [0.1, 0.15) is 17.2 Å². The number of alkyl halides is 3. The lowest BCUT2D eigenvalue weighted by molar-refractivity contribution is -0.139. The lowest BCUT2D eigenvalue weighted by Crippen LogP contribution is -2.53. The van der Waals surface area contributed by atoms with Gasteiger partial charge < -0.3 is 14.6 Å². The van der Waals surface area contributed by atoms with E-state index in [0.717, 1.165) is 10.5 Å². The lowest BCUT2D eigenvalue weighted by atomic mass is 9.49. The van der Waals surface area contributed by atoms with Crippen LogP contribution in [0.3, 0.4) is 0 Å². The highest BCUT2D eigenvalue weighted by Gasteiger charge is 2.71. The first kappa shape index (κ1) is 39.5. The van der Waals surface area contributed by atoms with E-state index in [1.807, 2.05) is 6.08 Å². The Morgan fingerprint density at radius 3 is 2.16 bits per heavy atom. The number of halogens is 6. The van der Waals surface area contributed by atoms with Crippen LogP contribution in [0, 0.1) is 30.6 Å². The van der Waals surface area contributed by atoms with Crippen molar-refractivity contribution < 1.29 is 46.9 Å². The van der Waals surface area contributed by atoms with Gasteiger partial charge in [0.25, 0.3) is 11.8 Å². The van der Waals surface area contributed by atoms with Crippen molar-refractivity contribution in [2.24, 2.45) is 23.7 Å². The molecule has 11 nitrogen and oxygen atoms in total. The van der Waals surface area contributed by atoms with Crippen LogP contribution < -0.4 is 19.8 Å². The normalized spacial score (nSPS) is 25.3. The summed E-state index contributed by atoms with van der Waals surface area (Å²) in [7, 11) is 2.71. The minimum absolute atomic E-state index is 0.0847. The third kappa shape index (κ3) is 5.90. The molecule has 4 aromatic rings. The Bertz CT molecular complexity index is 2440. The number of amides is 4. The topological polar surface area (TPSA) is 138 Å². The Balaban J connectivity index is 1.35. The summed E-state index contributed by atoms with van der Waals surface area (Å²) in [4.78, 5) is 64.3. The smallest absolute Gasteiger partial charge is 0.417 e. The molecule has 3 fully saturated rings. The van der Waals surface area contributed by atoms with Crippen molar-refractivity contribution in [2.45, 2.75) is 37.3 Å². The molecular formula is C41H32Cl3F3N4O7. The SMILES string of the molecule is COc1cc(O)cc(OC)c1C1C2=CCC3C(=O)N(c4ccc(C)c(Cl)c4)C(=O)C3C2CC2C(=O)N(Nc3ncc(C(F)(F)F)cc3Cl)C(=O)C21c1ccc(Cl)cc1. The number of phenolic OH excluding ortho intramolecular Hbond substituents is 1. The van der Waals surface area contributed by atoms with Crippen molar-refractivity contribution in [1.82, 2.24) is 9.99 Å². The van der Waals surface area contributed by atoms with Gasteiger partial charge in [0.05, 0.1) is 53.7 Å². The summed E-state index contributed by atoms with van der Waals surface area (Å²) in [5.41, 5.74) is 1.72. The molecule has 4 aliphatic rings. The zero-order chi connectivity index (χ0) is 41.6. The molecule has 300 valence electrons. The van der Waals surface area contributed by atoms with Crippen LogP contribution in [0.1, 0.15) is 41.0 Å². The van der Waals surface area contributed by atoms with Crippen LogP contribution in [0.4, 0.5) is 24.7 Å². The fourth-order valence-electron chi connectivity index (χ4n) is 9.28. The van der Waals surface area contributed by atoms with E-state index < -0.39 is 81.2 Å². The van der Waals surface area contributed by atoms with Crippen molar-refractivity contribution in [3.05, 3.63) is 116 Å². The highest BCUT2D eigenvalue weighted by molar-refractivity contribution is 6.33. The predicted molar refractivity (Wildman–Crippen MR) is 207 cm³/mol. The molecule has 0 radical (unpaired) electrons. The van der Waals surface area contributed by atoms with Crippen LogP contribution in [0.5, 0.6) is 17.2 Å². The zero-order valence-electron chi connectivity index (χ0n) is 30.7. The molecule has 3 aromatic carbocycles. The van der Waals surface area contributed by atoms with Gasteiger partial charge in [-0.2, -0.15) is 18.2 Å². The molecule has 6 atom stereocenters. The van der Waals surface area contributed by atoms with Gasteiger partial charge in [-0.25, -0.2) is 9.88 Å². The third-order valence-corrected chi connectivity index (χ3v) is 12.7. The fraction of sp³-hybridized carbons (Fsp3) is 0.293. The second-order valence-electron chi connectivity index (χ2n) is 14.6. The van der Waals surface area contributed by atoms with Crippen molar-refractivity contribution >= 4 is 69.9 Å². The van der Waals surface area contributed by atoms with E-state index in [4.69, 9.17) is 44.3 Å². The lowest BCUT2D eigenvalue weighted by Gasteiger charge is -2.51. The number of hydrogen-bond acceptors (Lipinski definition) is 9. The summed E-state index contributed by atoms with van der Waals surface area (Å²) in [5.74, 6) is -8.16. The van der Waals surface area contributed by atoms with Crippen LogP contribution in [-0.4, -0.2) is 52.9 Å². The fourth-order valence-corrected chi connectivity index (χ4v) is 9.79. The van der Waals surface area contributed by atoms with Crippen molar-refractivity contribution in [2.75, 3.05) is 24.5 Å². The molecule has 8 rings (SSSR count). The molecule has 3 heterocycles. The van der Waals surface area contributed by atoms with E-state index in [9.17, 15) is 27.9 Å². The average molecular weight is 856 g/mol. The Hall–Kier alpha value is -5.31. The first-order valence-electron chi connectivity index (χ1n) is 18.0.